The highest BCUT2D eigenvalue weighted by Gasteiger charge is 2.65. The molecule has 1 aliphatic rings. The van der Waals surface area contributed by atoms with E-state index in [1.54, 1.807) is 54.6 Å². The van der Waals surface area contributed by atoms with Crippen LogP contribution in [-0.4, -0.2) is 23.4 Å². The molecule has 1 aliphatic heterocycles. The predicted molar refractivity (Wildman–Crippen MR) is 81.2 cm³/mol. The van der Waals surface area contributed by atoms with Gasteiger partial charge in [0.25, 0.3) is 0 Å². The van der Waals surface area contributed by atoms with Gasteiger partial charge in [-0.15, -0.1) is 0 Å². The van der Waals surface area contributed by atoms with Gasteiger partial charge in [0, 0.05) is 7.11 Å². The summed E-state index contributed by atoms with van der Waals surface area (Å²) in [5.74, 6) is 0. The lowest BCUT2D eigenvalue weighted by molar-refractivity contribution is -0.0385. The topological polar surface area (TPSA) is 76.0 Å². The van der Waals surface area contributed by atoms with Crippen molar-refractivity contribution in [3.05, 3.63) is 71.8 Å². The molecule has 3 rings (SSSR count). The van der Waals surface area contributed by atoms with Crippen molar-refractivity contribution in [2.75, 3.05) is 7.11 Å². The van der Waals surface area contributed by atoms with Gasteiger partial charge >= 0.3 is 7.60 Å². The second-order valence-electron chi connectivity index (χ2n) is 5.15. The molecule has 2 aromatic rings. The first-order chi connectivity index (χ1) is 10.5. The van der Waals surface area contributed by atoms with Crippen LogP contribution in [0, 0.1) is 0 Å². The molecule has 0 spiro atoms. The quantitative estimate of drug-likeness (QED) is 0.851. The van der Waals surface area contributed by atoms with E-state index in [-0.39, 0.29) is 0 Å². The number of hydrogen-bond donors (Lipinski definition) is 2. The third-order valence-electron chi connectivity index (χ3n) is 3.94. The van der Waals surface area contributed by atoms with Gasteiger partial charge in [0.15, 0.2) is 0 Å². The van der Waals surface area contributed by atoms with Crippen LogP contribution in [0.4, 0.5) is 0 Å². The molecule has 1 heterocycles. The Bertz CT molecular complexity index is 690. The summed E-state index contributed by atoms with van der Waals surface area (Å²) in [6, 6.07) is 17.2. The highest BCUT2D eigenvalue weighted by molar-refractivity contribution is 7.55. The van der Waals surface area contributed by atoms with Crippen LogP contribution in [0.15, 0.2) is 60.7 Å². The molecule has 0 unspecified atom stereocenters. The van der Waals surface area contributed by atoms with E-state index in [1.807, 2.05) is 6.07 Å². The molecular weight excluding hydrogens is 303 g/mol. The summed E-state index contributed by atoms with van der Waals surface area (Å²) >= 11 is 0. The minimum absolute atomic E-state index is 0.297. The molecular formula is C16H17O5P. The summed E-state index contributed by atoms with van der Waals surface area (Å²) in [6.07, 6.45) is -2.35. The van der Waals surface area contributed by atoms with Gasteiger partial charge in [0.05, 0.1) is 0 Å². The fraction of sp³-hybridized carbons (Fsp3) is 0.250. The number of aliphatic hydroxyl groups is 2. The summed E-state index contributed by atoms with van der Waals surface area (Å²) in [5.41, 5.74) is 0.922. The normalized spacial score (nSPS) is 34.7. The van der Waals surface area contributed by atoms with Gasteiger partial charge in [-0.1, -0.05) is 60.7 Å². The van der Waals surface area contributed by atoms with Gasteiger partial charge < -0.3 is 14.7 Å². The van der Waals surface area contributed by atoms with E-state index in [1.165, 1.54) is 7.11 Å². The zero-order valence-electron chi connectivity index (χ0n) is 12.0. The van der Waals surface area contributed by atoms with Crippen molar-refractivity contribution < 1.29 is 23.8 Å². The second kappa shape index (κ2) is 5.61. The Morgan fingerprint density at radius 1 is 1.09 bits per heavy atom. The first kappa shape index (κ1) is 15.4. The van der Waals surface area contributed by atoms with E-state index >= 15 is 0 Å². The van der Waals surface area contributed by atoms with E-state index < -0.39 is 25.1 Å². The minimum atomic E-state index is -3.97. The van der Waals surface area contributed by atoms with Crippen molar-refractivity contribution in [1.29, 1.82) is 0 Å². The summed E-state index contributed by atoms with van der Waals surface area (Å²) in [5, 5.41) is 19.6. The first-order valence-corrected chi connectivity index (χ1v) is 8.42. The molecule has 0 aromatic heterocycles. The molecule has 1 saturated heterocycles. The van der Waals surface area contributed by atoms with Gasteiger partial charge in [0.1, 0.15) is 12.2 Å². The third kappa shape index (κ3) is 2.14. The summed E-state index contributed by atoms with van der Waals surface area (Å²) < 4.78 is 23.5. The van der Waals surface area contributed by atoms with E-state index in [4.69, 9.17) is 9.05 Å². The molecule has 4 atom stereocenters. The molecule has 116 valence electrons. The minimum Gasteiger partial charge on any atom is -0.386 e. The monoisotopic (exact) mass is 320 g/mol. The lowest BCUT2D eigenvalue weighted by atomic mass is 9.95. The van der Waals surface area contributed by atoms with Crippen molar-refractivity contribution in [3.63, 3.8) is 0 Å². The molecule has 6 heteroatoms. The van der Waals surface area contributed by atoms with Crippen LogP contribution in [0.2, 0.25) is 0 Å². The highest BCUT2D eigenvalue weighted by Crippen LogP contribution is 2.73. The molecule has 0 aliphatic carbocycles. The highest BCUT2D eigenvalue weighted by atomic mass is 31.2. The molecule has 0 saturated carbocycles. The van der Waals surface area contributed by atoms with Crippen molar-refractivity contribution >= 4 is 7.60 Å². The molecule has 2 N–H and O–H groups in total. The predicted octanol–water partition coefficient (Wildman–Crippen LogP) is 2.80. The Labute approximate surface area is 128 Å². The van der Waals surface area contributed by atoms with Crippen LogP contribution in [0.1, 0.15) is 17.2 Å². The van der Waals surface area contributed by atoms with Gasteiger partial charge in [-0.2, -0.15) is 0 Å². The van der Waals surface area contributed by atoms with E-state index in [0.717, 1.165) is 0 Å². The summed E-state index contributed by atoms with van der Waals surface area (Å²) in [6.45, 7) is 0. The molecule has 0 bridgehead atoms. The smallest absolute Gasteiger partial charge is 0.369 e. The molecule has 22 heavy (non-hydrogen) atoms. The van der Waals surface area contributed by atoms with Crippen LogP contribution < -0.4 is 0 Å². The molecule has 5 nitrogen and oxygen atoms in total. The Kier molecular flexibility index (Phi) is 3.93. The van der Waals surface area contributed by atoms with Crippen LogP contribution >= 0.6 is 7.60 Å². The maximum atomic E-state index is 13.0. The molecule has 0 radical (unpaired) electrons. The first-order valence-electron chi connectivity index (χ1n) is 6.88. The number of aliphatic hydroxyl groups excluding tert-OH is 1. The zero-order chi connectivity index (χ0) is 15.8. The number of hydrogen-bond acceptors (Lipinski definition) is 5. The Morgan fingerprint density at radius 2 is 1.64 bits per heavy atom. The third-order valence-corrected chi connectivity index (χ3v) is 6.28. The summed E-state index contributed by atoms with van der Waals surface area (Å²) in [7, 11) is -2.76. The van der Waals surface area contributed by atoms with E-state index in [0.29, 0.717) is 11.1 Å². The number of rotatable bonds is 3. The Hall–Kier alpha value is -1.49. The van der Waals surface area contributed by atoms with Crippen LogP contribution in [0.3, 0.4) is 0 Å². The van der Waals surface area contributed by atoms with Crippen LogP contribution in [0.5, 0.6) is 0 Å². The van der Waals surface area contributed by atoms with Crippen molar-refractivity contribution in [2.45, 2.75) is 17.6 Å². The van der Waals surface area contributed by atoms with Crippen molar-refractivity contribution in [1.82, 2.24) is 0 Å². The maximum absolute atomic E-state index is 13.0. The van der Waals surface area contributed by atoms with Gasteiger partial charge in [-0.25, -0.2) is 0 Å². The van der Waals surface area contributed by atoms with Gasteiger partial charge in [-0.3, -0.25) is 9.09 Å². The number of benzene rings is 2. The second-order valence-corrected chi connectivity index (χ2v) is 7.41. The lowest BCUT2D eigenvalue weighted by Crippen LogP contribution is -2.37. The van der Waals surface area contributed by atoms with Crippen LogP contribution in [-0.2, 0) is 19.0 Å². The average molecular weight is 320 g/mol. The molecule has 1 fully saturated rings. The largest absolute Gasteiger partial charge is 0.386 e. The van der Waals surface area contributed by atoms with E-state index in [9.17, 15) is 14.8 Å². The average Bonchev–Trinajstić information content (AvgIpc) is 2.79. The van der Waals surface area contributed by atoms with Crippen molar-refractivity contribution in [3.8, 4) is 0 Å². The van der Waals surface area contributed by atoms with Crippen molar-refractivity contribution in [2.24, 2.45) is 0 Å². The standard InChI is InChI=1S/C16H17O5P/c1-20-22(19)16(18,13-10-6-3-7-11-13)15(17)14(21-22)12-8-4-2-5-9-12/h2-11,14-15,17-18H,1H3/t14-,15-,16-,22-/m0/s1. The zero-order valence-corrected chi connectivity index (χ0v) is 12.9. The molecule has 2 aromatic carbocycles. The fourth-order valence-corrected chi connectivity index (χ4v) is 4.73. The van der Waals surface area contributed by atoms with E-state index in [2.05, 4.69) is 0 Å². The van der Waals surface area contributed by atoms with Gasteiger partial charge in [-0.05, 0) is 11.1 Å². The Balaban J connectivity index is 2.11. The Morgan fingerprint density at radius 3 is 2.18 bits per heavy atom. The maximum Gasteiger partial charge on any atom is 0.369 e. The molecule has 0 amide bonds. The van der Waals surface area contributed by atoms with Crippen LogP contribution in [0.25, 0.3) is 0 Å². The SMILES string of the molecule is CO[P@]1(=O)O[C@@H](c2ccccc2)[C@H](O)[C@]1(O)c1ccccc1. The summed E-state index contributed by atoms with van der Waals surface area (Å²) in [4.78, 5) is 0. The fourth-order valence-electron chi connectivity index (χ4n) is 2.74. The van der Waals surface area contributed by atoms with Gasteiger partial charge in [0.2, 0.25) is 5.34 Å². The lowest BCUT2D eigenvalue weighted by Gasteiger charge is -2.29.